The van der Waals surface area contributed by atoms with Gasteiger partial charge in [-0.3, -0.25) is 9.72 Å². The molecule has 0 aliphatic carbocycles. The van der Waals surface area contributed by atoms with Gasteiger partial charge < -0.3 is 5.32 Å². The third kappa shape index (κ3) is 3.39. The van der Waals surface area contributed by atoms with Crippen molar-refractivity contribution in [3.63, 3.8) is 0 Å². The second kappa shape index (κ2) is 7.07. The number of hydrogen-bond donors (Lipinski definition) is 2. The first kappa shape index (κ1) is 17.6. The van der Waals surface area contributed by atoms with Gasteiger partial charge in [0.25, 0.3) is 0 Å². The van der Waals surface area contributed by atoms with Crippen molar-refractivity contribution in [3.8, 4) is 11.3 Å². The fraction of sp³-hybridized carbons (Fsp3) is 0. The predicted octanol–water partition coefficient (Wildman–Crippen LogP) is 5.06. The fourth-order valence-electron chi connectivity index (χ4n) is 2.78. The van der Waals surface area contributed by atoms with Gasteiger partial charge in [-0.1, -0.05) is 6.07 Å². The SMILES string of the molecule is O=C(Nc1cc(F)ccc1F)Nc1c(-c2ccc(F)cc2)nc2ccccn12. The van der Waals surface area contributed by atoms with E-state index < -0.39 is 23.5 Å². The Hall–Kier alpha value is -3.81. The molecule has 0 aliphatic heterocycles. The number of pyridine rings is 1. The summed E-state index contributed by atoms with van der Waals surface area (Å²) in [5.74, 6) is -1.55. The van der Waals surface area contributed by atoms with E-state index in [4.69, 9.17) is 0 Å². The van der Waals surface area contributed by atoms with Crippen molar-refractivity contribution in [1.82, 2.24) is 9.38 Å². The predicted molar refractivity (Wildman–Crippen MR) is 99.6 cm³/mol. The van der Waals surface area contributed by atoms with Crippen LogP contribution >= 0.6 is 0 Å². The molecular formula is C20H13F3N4O. The molecule has 8 heteroatoms. The first-order valence-corrected chi connectivity index (χ1v) is 8.27. The highest BCUT2D eigenvalue weighted by Gasteiger charge is 2.17. The average Bonchev–Trinajstić information content (AvgIpc) is 3.04. The summed E-state index contributed by atoms with van der Waals surface area (Å²) in [5.41, 5.74) is 1.24. The Bertz CT molecular complexity index is 1170. The zero-order valence-electron chi connectivity index (χ0n) is 14.3. The summed E-state index contributed by atoms with van der Waals surface area (Å²) in [7, 11) is 0. The van der Waals surface area contributed by atoms with Crippen LogP contribution in [0.2, 0.25) is 0 Å². The molecule has 2 N–H and O–H groups in total. The highest BCUT2D eigenvalue weighted by atomic mass is 19.1. The second-order valence-corrected chi connectivity index (χ2v) is 5.95. The van der Waals surface area contributed by atoms with Crippen molar-refractivity contribution in [2.24, 2.45) is 0 Å². The first-order valence-electron chi connectivity index (χ1n) is 8.27. The van der Waals surface area contributed by atoms with Gasteiger partial charge in [-0.15, -0.1) is 0 Å². The Morgan fingerprint density at radius 3 is 2.43 bits per heavy atom. The molecule has 5 nitrogen and oxygen atoms in total. The number of nitrogens with one attached hydrogen (secondary N) is 2. The number of imidazole rings is 1. The molecule has 140 valence electrons. The van der Waals surface area contributed by atoms with E-state index in [0.29, 0.717) is 22.7 Å². The highest BCUT2D eigenvalue weighted by molar-refractivity contribution is 6.01. The summed E-state index contributed by atoms with van der Waals surface area (Å²) in [6.07, 6.45) is 1.69. The topological polar surface area (TPSA) is 58.4 Å². The first-order chi connectivity index (χ1) is 13.5. The normalized spacial score (nSPS) is 10.8. The molecule has 28 heavy (non-hydrogen) atoms. The number of aromatic nitrogens is 2. The van der Waals surface area contributed by atoms with Gasteiger partial charge in [-0.05, 0) is 48.5 Å². The quantitative estimate of drug-likeness (QED) is 0.520. The monoisotopic (exact) mass is 382 g/mol. The van der Waals surface area contributed by atoms with Crippen LogP contribution in [0.5, 0.6) is 0 Å². The molecule has 2 amide bonds. The molecule has 4 rings (SSSR count). The second-order valence-electron chi connectivity index (χ2n) is 5.95. The van der Waals surface area contributed by atoms with Crippen LogP contribution in [0.3, 0.4) is 0 Å². The number of fused-ring (bicyclic) bond motifs is 1. The molecule has 0 bridgehead atoms. The van der Waals surface area contributed by atoms with Crippen LogP contribution in [0.1, 0.15) is 0 Å². The number of urea groups is 1. The maximum absolute atomic E-state index is 13.8. The zero-order chi connectivity index (χ0) is 19.7. The summed E-state index contributed by atoms with van der Waals surface area (Å²) < 4.78 is 42.0. The van der Waals surface area contributed by atoms with Gasteiger partial charge >= 0.3 is 6.03 Å². The van der Waals surface area contributed by atoms with E-state index in [9.17, 15) is 18.0 Å². The molecule has 0 radical (unpaired) electrons. The Morgan fingerprint density at radius 2 is 1.64 bits per heavy atom. The Kier molecular flexibility index (Phi) is 4.44. The molecule has 4 aromatic rings. The summed E-state index contributed by atoms with van der Waals surface area (Å²) in [6, 6.07) is 12.9. The van der Waals surface area contributed by atoms with Gasteiger partial charge in [0.1, 0.15) is 34.6 Å². The minimum atomic E-state index is -0.779. The lowest BCUT2D eigenvalue weighted by molar-refractivity contribution is 0.262. The van der Waals surface area contributed by atoms with Crippen molar-refractivity contribution >= 4 is 23.2 Å². The number of benzene rings is 2. The number of amides is 2. The van der Waals surface area contributed by atoms with Crippen molar-refractivity contribution < 1.29 is 18.0 Å². The van der Waals surface area contributed by atoms with E-state index >= 15 is 0 Å². The number of anilines is 2. The van der Waals surface area contributed by atoms with Crippen molar-refractivity contribution in [2.75, 3.05) is 10.6 Å². The lowest BCUT2D eigenvalue weighted by Crippen LogP contribution is -2.21. The average molecular weight is 382 g/mol. The van der Waals surface area contributed by atoms with Crippen molar-refractivity contribution in [3.05, 3.63) is 84.3 Å². The van der Waals surface area contributed by atoms with Crippen molar-refractivity contribution in [2.45, 2.75) is 0 Å². The third-order valence-corrected chi connectivity index (χ3v) is 4.06. The molecule has 0 saturated carbocycles. The molecule has 2 heterocycles. The van der Waals surface area contributed by atoms with Gasteiger partial charge in [0, 0.05) is 17.8 Å². The van der Waals surface area contributed by atoms with Gasteiger partial charge in [0.2, 0.25) is 0 Å². The molecule has 0 spiro atoms. The molecule has 0 unspecified atom stereocenters. The lowest BCUT2D eigenvalue weighted by atomic mass is 10.1. The molecule has 0 saturated heterocycles. The number of carbonyl (C=O) groups excluding carboxylic acids is 1. The van der Waals surface area contributed by atoms with E-state index in [0.717, 1.165) is 18.2 Å². The summed E-state index contributed by atoms with van der Waals surface area (Å²) in [6.45, 7) is 0. The Balaban J connectivity index is 1.71. The Morgan fingerprint density at radius 1 is 0.893 bits per heavy atom. The molecule has 2 aromatic carbocycles. The molecular weight excluding hydrogens is 369 g/mol. The van der Waals surface area contributed by atoms with Gasteiger partial charge in [-0.25, -0.2) is 22.9 Å². The number of nitrogens with zero attached hydrogens (tertiary/aromatic N) is 2. The fourth-order valence-corrected chi connectivity index (χ4v) is 2.78. The lowest BCUT2D eigenvalue weighted by Gasteiger charge is -2.10. The maximum Gasteiger partial charge on any atom is 0.324 e. The smallest absolute Gasteiger partial charge is 0.305 e. The molecule has 2 aromatic heterocycles. The van der Waals surface area contributed by atoms with Gasteiger partial charge in [-0.2, -0.15) is 0 Å². The van der Waals surface area contributed by atoms with Crippen LogP contribution in [-0.4, -0.2) is 15.4 Å². The van der Waals surface area contributed by atoms with E-state index in [1.807, 2.05) is 0 Å². The van der Waals surface area contributed by atoms with E-state index in [2.05, 4.69) is 15.6 Å². The maximum atomic E-state index is 13.8. The summed E-state index contributed by atoms with van der Waals surface area (Å²) in [4.78, 5) is 16.9. The van der Waals surface area contributed by atoms with Crippen LogP contribution in [0.4, 0.5) is 29.5 Å². The van der Waals surface area contributed by atoms with E-state index in [1.165, 1.54) is 24.3 Å². The van der Waals surface area contributed by atoms with Crippen LogP contribution in [0.25, 0.3) is 16.9 Å². The number of rotatable bonds is 3. The standard InChI is InChI=1S/C20H13F3N4O/c21-13-6-4-12(5-7-13)18-19(27-10-2-1-3-17(27)25-18)26-20(28)24-16-11-14(22)8-9-15(16)23/h1-11H,(H2,24,26,28). The number of halogens is 3. The van der Waals surface area contributed by atoms with Crippen molar-refractivity contribution in [1.29, 1.82) is 0 Å². The van der Waals surface area contributed by atoms with Gasteiger partial charge in [0.15, 0.2) is 0 Å². The van der Waals surface area contributed by atoms with Crippen LogP contribution < -0.4 is 10.6 Å². The third-order valence-electron chi connectivity index (χ3n) is 4.06. The zero-order valence-corrected chi connectivity index (χ0v) is 14.3. The molecule has 0 atom stereocenters. The molecule has 0 fully saturated rings. The van der Waals surface area contributed by atoms with Crippen LogP contribution in [-0.2, 0) is 0 Å². The highest BCUT2D eigenvalue weighted by Crippen LogP contribution is 2.29. The van der Waals surface area contributed by atoms with Crippen LogP contribution in [0, 0.1) is 17.5 Å². The summed E-state index contributed by atoms with van der Waals surface area (Å²) in [5, 5.41) is 4.89. The van der Waals surface area contributed by atoms with E-state index in [-0.39, 0.29) is 5.69 Å². The largest absolute Gasteiger partial charge is 0.324 e. The molecule has 0 aliphatic rings. The van der Waals surface area contributed by atoms with Gasteiger partial charge in [0.05, 0.1) is 5.69 Å². The Labute approximate surface area is 157 Å². The minimum Gasteiger partial charge on any atom is -0.305 e. The summed E-state index contributed by atoms with van der Waals surface area (Å²) >= 11 is 0. The number of hydrogen-bond acceptors (Lipinski definition) is 2. The minimum absolute atomic E-state index is 0.297. The van der Waals surface area contributed by atoms with E-state index in [1.54, 1.807) is 28.8 Å². The van der Waals surface area contributed by atoms with Crippen LogP contribution in [0.15, 0.2) is 66.9 Å². The number of carbonyl (C=O) groups is 1.